The van der Waals surface area contributed by atoms with Crippen LogP contribution in [0, 0.1) is 0 Å². The van der Waals surface area contributed by atoms with Crippen LogP contribution in [0.3, 0.4) is 0 Å². The van der Waals surface area contributed by atoms with Gasteiger partial charge in [-0.25, -0.2) is 4.98 Å². The van der Waals surface area contributed by atoms with E-state index in [0.717, 1.165) is 12.8 Å². The molecule has 3 rings (SSSR count). The maximum Gasteiger partial charge on any atom is 0.258 e. The second kappa shape index (κ2) is 16.2. The third kappa shape index (κ3) is 9.62. The molecule has 0 radical (unpaired) electrons. The van der Waals surface area contributed by atoms with E-state index in [4.69, 9.17) is 4.74 Å². The number of nitrogens with zero attached hydrogens (tertiary/aromatic N) is 1. The molecule has 0 aliphatic rings. The lowest BCUT2D eigenvalue weighted by Gasteiger charge is -2.15. The van der Waals surface area contributed by atoms with Crippen LogP contribution < -0.4 is 15.6 Å². The fourth-order valence-corrected chi connectivity index (χ4v) is 4.70. The van der Waals surface area contributed by atoms with Crippen molar-refractivity contribution in [3.05, 3.63) is 64.7 Å². The van der Waals surface area contributed by atoms with E-state index in [1.54, 1.807) is 18.2 Å². The number of H-pyrrole nitrogens is 1. The van der Waals surface area contributed by atoms with Crippen LogP contribution in [-0.4, -0.2) is 22.5 Å². The predicted octanol–water partition coefficient (Wildman–Crippen LogP) is 8.08. The summed E-state index contributed by atoms with van der Waals surface area (Å²) in [5, 5.41) is 3.39. The molecule has 0 spiro atoms. The van der Waals surface area contributed by atoms with E-state index in [2.05, 4.69) is 38.1 Å². The zero-order valence-electron chi connectivity index (χ0n) is 21.9. The van der Waals surface area contributed by atoms with E-state index in [1.807, 2.05) is 30.3 Å². The molecule has 0 aliphatic carbocycles. The number of unbranched alkanes of at least 4 members (excludes halogenated alkanes) is 11. The van der Waals surface area contributed by atoms with Crippen molar-refractivity contribution in [2.24, 2.45) is 0 Å². The van der Waals surface area contributed by atoms with Crippen LogP contribution in [0.4, 0.5) is 5.69 Å². The molecule has 1 atom stereocenters. The number of alkyl halides is 1. The Morgan fingerprint density at radius 1 is 0.892 bits per heavy atom. The van der Waals surface area contributed by atoms with E-state index >= 15 is 0 Å². The normalized spacial score (nSPS) is 11.9. The zero-order chi connectivity index (χ0) is 26.3. The molecule has 0 aliphatic heterocycles. The molecule has 6 nitrogen and oxygen atoms in total. The molecule has 200 valence electrons. The smallest absolute Gasteiger partial charge is 0.258 e. The summed E-state index contributed by atoms with van der Waals surface area (Å²) in [5.41, 5.74) is 0.868. The molecular weight excluding hydrogens is 530 g/mol. The largest absolute Gasteiger partial charge is 0.491 e. The molecule has 0 bridgehead atoms. The van der Waals surface area contributed by atoms with Crippen molar-refractivity contribution >= 4 is 38.4 Å². The van der Waals surface area contributed by atoms with Crippen molar-refractivity contribution < 1.29 is 9.53 Å². The molecule has 1 aromatic heterocycles. The maximum atomic E-state index is 12.9. The van der Waals surface area contributed by atoms with Gasteiger partial charge >= 0.3 is 0 Å². The first-order chi connectivity index (χ1) is 18.1. The Bertz CT molecular complexity index is 1160. The van der Waals surface area contributed by atoms with Gasteiger partial charge in [0.15, 0.2) is 4.83 Å². The molecule has 1 heterocycles. The van der Waals surface area contributed by atoms with Gasteiger partial charge in [0.05, 0.1) is 23.2 Å². The first kappa shape index (κ1) is 28.9. The number of nitrogens with one attached hydrogen (secondary N) is 2. The lowest BCUT2D eigenvalue weighted by Crippen LogP contribution is -2.22. The SMILES string of the molecule is CCCCCCCCCCCCCCOc1ccccc1NC(=O)C(Br)c1nc2ccccc2c(=O)[nH]1. The molecule has 0 saturated carbocycles. The van der Waals surface area contributed by atoms with Crippen LogP contribution in [0.1, 0.15) is 94.6 Å². The summed E-state index contributed by atoms with van der Waals surface area (Å²) in [6, 6.07) is 14.5. The van der Waals surface area contributed by atoms with Crippen LogP contribution in [0.25, 0.3) is 10.9 Å². The number of fused-ring (bicyclic) bond motifs is 1. The number of halogens is 1. The van der Waals surface area contributed by atoms with E-state index in [9.17, 15) is 9.59 Å². The molecular formula is C30H40BrN3O3. The number of amides is 1. The van der Waals surface area contributed by atoms with Crippen LogP contribution in [0.5, 0.6) is 5.75 Å². The summed E-state index contributed by atoms with van der Waals surface area (Å²) in [7, 11) is 0. The molecule has 2 N–H and O–H groups in total. The average molecular weight is 571 g/mol. The number of hydrogen-bond acceptors (Lipinski definition) is 4. The first-order valence-corrected chi connectivity index (χ1v) is 14.7. The summed E-state index contributed by atoms with van der Waals surface area (Å²) in [5.74, 6) is 0.564. The second-order valence-corrected chi connectivity index (χ2v) is 10.5. The quantitative estimate of drug-likeness (QED) is 0.127. The van der Waals surface area contributed by atoms with Crippen molar-refractivity contribution in [2.75, 3.05) is 11.9 Å². The van der Waals surface area contributed by atoms with Gasteiger partial charge in [0.25, 0.3) is 5.56 Å². The summed E-state index contributed by atoms with van der Waals surface area (Å²) in [6.45, 7) is 2.87. The summed E-state index contributed by atoms with van der Waals surface area (Å²) in [4.78, 5) is 31.6. The highest BCUT2D eigenvalue weighted by Crippen LogP contribution is 2.28. The average Bonchev–Trinajstić information content (AvgIpc) is 2.91. The monoisotopic (exact) mass is 569 g/mol. The Balaban J connectivity index is 1.39. The Morgan fingerprint density at radius 3 is 2.19 bits per heavy atom. The zero-order valence-corrected chi connectivity index (χ0v) is 23.5. The van der Waals surface area contributed by atoms with Crippen LogP contribution in [-0.2, 0) is 4.79 Å². The fraction of sp³-hybridized carbons (Fsp3) is 0.500. The van der Waals surface area contributed by atoms with E-state index < -0.39 is 4.83 Å². The van der Waals surface area contributed by atoms with E-state index in [-0.39, 0.29) is 17.3 Å². The number of aromatic amines is 1. The fourth-order valence-electron chi connectivity index (χ4n) is 4.37. The minimum Gasteiger partial charge on any atom is -0.491 e. The van der Waals surface area contributed by atoms with Gasteiger partial charge in [-0.3, -0.25) is 9.59 Å². The number of hydrogen-bond donors (Lipinski definition) is 2. The molecule has 7 heteroatoms. The summed E-state index contributed by atoms with van der Waals surface area (Å²) in [6.07, 6.45) is 15.6. The molecule has 2 aromatic carbocycles. The third-order valence-electron chi connectivity index (χ3n) is 6.50. The highest BCUT2D eigenvalue weighted by molar-refractivity contribution is 9.09. The molecule has 0 saturated heterocycles. The van der Waals surface area contributed by atoms with E-state index in [0.29, 0.717) is 28.9 Å². The number of carbonyl (C=O) groups excluding carboxylic acids is 1. The second-order valence-electron chi connectivity index (χ2n) is 9.55. The van der Waals surface area contributed by atoms with Gasteiger partial charge in [-0.05, 0) is 30.7 Å². The topological polar surface area (TPSA) is 84.1 Å². The van der Waals surface area contributed by atoms with Gasteiger partial charge in [-0.1, -0.05) is 118 Å². The van der Waals surface area contributed by atoms with Crippen molar-refractivity contribution in [1.29, 1.82) is 0 Å². The molecule has 37 heavy (non-hydrogen) atoms. The van der Waals surface area contributed by atoms with Crippen LogP contribution in [0.2, 0.25) is 0 Å². The highest BCUT2D eigenvalue weighted by Gasteiger charge is 2.22. The number of ether oxygens (including phenoxy) is 1. The van der Waals surface area contributed by atoms with Gasteiger partial charge < -0.3 is 15.0 Å². The summed E-state index contributed by atoms with van der Waals surface area (Å²) < 4.78 is 5.99. The van der Waals surface area contributed by atoms with Crippen molar-refractivity contribution in [3.63, 3.8) is 0 Å². The standard InChI is InChI=1S/C30H40BrN3O3/c1-2-3-4-5-6-7-8-9-10-11-12-17-22-37-26-21-16-15-20-25(26)33-30(36)27(31)28-32-24-19-14-13-18-23(24)29(35)34-28/h13-16,18-21,27H,2-12,17,22H2,1H3,(H,33,36)(H,32,34,35). The van der Waals surface area contributed by atoms with Gasteiger partial charge in [-0.2, -0.15) is 0 Å². The Morgan fingerprint density at radius 2 is 1.49 bits per heavy atom. The number of benzene rings is 2. The molecule has 1 amide bonds. The molecule has 0 fully saturated rings. The predicted molar refractivity (Wildman–Crippen MR) is 156 cm³/mol. The lowest BCUT2D eigenvalue weighted by atomic mass is 10.1. The number of para-hydroxylation sites is 3. The number of anilines is 1. The van der Waals surface area contributed by atoms with Gasteiger partial charge in [0.2, 0.25) is 5.91 Å². The summed E-state index contributed by atoms with van der Waals surface area (Å²) >= 11 is 3.39. The molecule has 3 aromatic rings. The van der Waals surface area contributed by atoms with Crippen LogP contribution in [0.15, 0.2) is 53.3 Å². The van der Waals surface area contributed by atoms with Gasteiger partial charge in [0, 0.05) is 0 Å². The third-order valence-corrected chi connectivity index (χ3v) is 7.35. The van der Waals surface area contributed by atoms with Gasteiger partial charge in [0.1, 0.15) is 11.6 Å². The number of aromatic nitrogens is 2. The Kier molecular flexibility index (Phi) is 12.7. The van der Waals surface area contributed by atoms with Crippen molar-refractivity contribution in [1.82, 2.24) is 9.97 Å². The Hall–Kier alpha value is -2.67. The highest BCUT2D eigenvalue weighted by atomic mass is 79.9. The number of carbonyl (C=O) groups is 1. The van der Waals surface area contributed by atoms with Crippen molar-refractivity contribution in [3.8, 4) is 5.75 Å². The van der Waals surface area contributed by atoms with Gasteiger partial charge in [-0.15, -0.1) is 0 Å². The molecule has 1 unspecified atom stereocenters. The Labute approximate surface area is 228 Å². The maximum absolute atomic E-state index is 12.9. The minimum absolute atomic E-state index is 0.260. The van der Waals surface area contributed by atoms with Crippen molar-refractivity contribution in [2.45, 2.75) is 88.8 Å². The minimum atomic E-state index is -0.811. The lowest BCUT2D eigenvalue weighted by molar-refractivity contribution is -0.115. The first-order valence-electron chi connectivity index (χ1n) is 13.8. The van der Waals surface area contributed by atoms with Crippen LogP contribution >= 0.6 is 15.9 Å². The van der Waals surface area contributed by atoms with E-state index in [1.165, 1.54) is 64.2 Å². The number of rotatable bonds is 17.